The molecule has 2 rings (SSSR count). The fraction of sp³-hybridized carbons (Fsp3) is 0.412. The van der Waals surface area contributed by atoms with Crippen LogP contribution in [-0.2, 0) is 9.59 Å². The van der Waals surface area contributed by atoms with Crippen LogP contribution in [0.4, 0.5) is 4.39 Å². The highest BCUT2D eigenvalue weighted by Gasteiger charge is 2.23. The molecule has 1 aliphatic rings. The van der Waals surface area contributed by atoms with Gasteiger partial charge in [-0.1, -0.05) is 43.3 Å². The molecule has 1 saturated heterocycles. The highest BCUT2D eigenvalue weighted by Crippen LogP contribution is 2.18. The summed E-state index contributed by atoms with van der Waals surface area (Å²) in [5.41, 5.74) is 0.842. The van der Waals surface area contributed by atoms with Crippen LogP contribution in [0.2, 0.25) is 0 Å². The Morgan fingerprint density at radius 3 is 2.68 bits per heavy atom. The zero-order valence-corrected chi connectivity index (χ0v) is 12.6. The molecule has 5 heteroatoms. The van der Waals surface area contributed by atoms with Crippen molar-refractivity contribution in [3.8, 4) is 0 Å². The van der Waals surface area contributed by atoms with Gasteiger partial charge in [0, 0.05) is 19.5 Å². The molecule has 0 aliphatic carbocycles. The lowest BCUT2D eigenvalue weighted by Crippen LogP contribution is -2.40. The first-order valence-corrected chi connectivity index (χ1v) is 7.56. The fourth-order valence-electron chi connectivity index (χ4n) is 2.61. The van der Waals surface area contributed by atoms with Crippen LogP contribution in [0.1, 0.15) is 37.3 Å². The Kier molecular flexibility index (Phi) is 5.69. The van der Waals surface area contributed by atoms with Crippen molar-refractivity contribution in [3.05, 3.63) is 48.3 Å². The third kappa shape index (κ3) is 4.41. The minimum Gasteiger partial charge on any atom is -0.341 e. The molecule has 0 radical (unpaired) electrons. The van der Waals surface area contributed by atoms with Crippen LogP contribution in [0.3, 0.4) is 0 Å². The van der Waals surface area contributed by atoms with E-state index in [4.69, 9.17) is 0 Å². The number of hydrogen-bond acceptors (Lipinski definition) is 2. The van der Waals surface area contributed by atoms with Crippen molar-refractivity contribution in [1.82, 2.24) is 10.2 Å². The number of rotatable bonds is 5. The van der Waals surface area contributed by atoms with Gasteiger partial charge in [-0.3, -0.25) is 9.59 Å². The van der Waals surface area contributed by atoms with E-state index in [1.807, 2.05) is 30.3 Å². The van der Waals surface area contributed by atoms with Crippen molar-refractivity contribution in [1.29, 1.82) is 0 Å². The summed E-state index contributed by atoms with van der Waals surface area (Å²) >= 11 is 0. The van der Waals surface area contributed by atoms with Crippen molar-refractivity contribution in [3.63, 3.8) is 0 Å². The van der Waals surface area contributed by atoms with E-state index in [0.29, 0.717) is 19.5 Å². The summed E-state index contributed by atoms with van der Waals surface area (Å²) in [4.78, 5) is 25.5. The van der Waals surface area contributed by atoms with Crippen molar-refractivity contribution in [2.45, 2.75) is 31.7 Å². The van der Waals surface area contributed by atoms with Crippen molar-refractivity contribution in [2.24, 2.45) is 0 Å². The number of hydrogen-bond donors (Lipinski definition) is 1. The van der Waals surface area contributed by atoms with Crippen LogP contribution >= 0.6 is 0 Å². The minimum atomic E-state index is -1.02. The summed E-state index contributed by atoms with van der Waals surface area (Å²) in [7, 11) is 0. The molecule has 118 valence electrons. The van der Waals surface area contributed by atoms with Crippen LogP contribution in [0.15, 0.2) is 42.7 Å². The van der Waals surface area contributed by atoms with Crippen LogP contribution in [0.25, 0.3) is 0 Å². The van der Waals surface area contributed by atoms with Gasteiger partial charge in [-0.15, -0.1) is 0 Å². The van der Waals surface area contributed by atoms with Gasteiger partial charge in [0.05, 0.1) is 6.04 Å². The standard InChI is InChI=1S/C17H21FN2O2/c1-13(18)17(22)19-15(14-8-4-2-5-9-14)12-20-11-7-3-6-10-16(20)21/h2,4-5,8-9,15H,1,3,6-7,10-12H2,(H,19,22). The summed E-state index contributed by atoms with van der Waals surface area (Å²) < 4.78 is 13.0. The molecule has 1 aromatic carbocycles. The highest BCUT2D eigenvalue weighted by atomic mass is 19.1. The predicted octanol–water partition coefficient (Wildman–Crippen LogP) is 2.73. The molecule has 0 saturated carbocycles. The topological polar surface area (TPSA) is 49.4 Å². The van der Waals surface area contributed by atoms with Gasteiger partial charge in [0.15, 0.2) is 5.83 Å². The van der Waals surface area contributed by atoms with E-state index < -0.39 is 17.8 Å². The van der Waals surface area contributed by atoms with Gasteiger partial charge in [-0.05, 0) is 18.4 Å². The quantitative estimate of drug-likeness (QED) is 0.850. The summed E-state index contributed by atoms with van der Waals surface area (Å²) in [6.45, 7) is 4.04. The molecular formula is C17H21FN2O2. The zero-order valence-electron chi connectivity index (χ0n) is 12.6. The molecule has 4 nitrogen and oxygen atoms in total. The molecule has 1 unspecified atom stereocenters. The maximum atomic E-state index is 13.0. The Hall–Kier alpha value is -2.17. The van der Waals surface area contributed by atoms with Gasteiger partial charge in [-0.2, -0.15) is 0 Å². The average Bonchev–Trinajstić information content (AvgIpc) is 2.72. The first kappa shape index (κ1) is 16.2. The lowest BCUT2D eigenvalue weighted by Gasteiger charge is -2.27. The van der Waals surface area contributed by atoms with Crippen molar-refractivity contribution < 1.29 is 14.0 Å². The second-order valence-corrected chi connectivity index (χ2v) is 5.49. The molecule has 0 spiro atoms. The summed E-state index contributed by atoms with van der Waals surface area (Å²) in [6.07, 6.45) is 3.42. The van der Waals surface area contributed by atoms with Crippen LogP contribution in [0.5, 0.6) is 0 Å². The number of halogens is 1. The van der Waals surface area contributed by atoms with Crippen molar-refractivity contribution in [2.75, 3.05) is 13.1 Å². The SMILES string of the molecule is C=C(F)C(=O)NC(CN1CCCCCC1=O)c1ccccc1. The summed E-state index contributed by atoms with van der Waals surface area (Å²) in [5, 5.41) is 2.61. The van der Waals surface area contributed by atoms with Gasteiger partial charge in [0.1, 0.15) is 0 Å². The molecule has 1 atom stereocenters. The Morgan fingerprint density at radius 2 is 2.00 bits per heavy atom. The van der Waals surface area contributed by atoms with Crippen LogP contribution in [0, 0.1) is 0 Å². The van der Waals surface area contributed by atoms with E-state index in [1.54, 1.807) is 4.90 Å². The second kappa shape index (κ2) is 7.73. The molecule has 22 heavy (non-hydrogen) atoms. The summed E-state index contributed by atoms with van der Waals surface area (Å²) in [6, 6.07) is 8.84. The van der Waals surface area contributed by atoms with Gasteiger partial charge in [-0.25, -0.2) is 4.39 Å². The smallest absolute Gasteiger partial charge is 0.279 e. The minimum absolute atomic E-state index is 0.0896. The molecule has 1 aromatic rings. The predicted molar refractivity (Wildman–Crippen MR) is 82.6 cm³/mol. The number of benzene rings is 1. The largest absolute Gasteiger partial charge is 0.341 e. The normalized spacial score (nSPS) is 16.8. The lowest BCUT2D eigenvalue weighted by molar-refractivity contribution is -0.131. The number of nitrogens with one attached hydrogen (secondary N) is 1. The third-order valence-corrected chi connectivity index (χ3v) is 3.83. The molecule has 1 heterocycles. The summed E-state index contributed by atoms with van der Waals surface area (Å²) in [5.74, 6) is -1.77. The monoisotopic (exact) mass is 304 g/mol. The van der Waals surface area contributed by atoms with Crippen molar-refractivity contribution >= 4 is 11.8 Å². The number of carbonyl (C=O) groups excluding carboxylic acids is 2. The molecule has 1 N–H and O–H groups in total. The van der Waals surface area contributed by atoms with Gasteiger partial charge in [0.25, 0.3) is 5.91 Å². The molecule has 0 bridgehead atoms. The van der Waals surface area contributed by atoms with Crippen LogP contribution in [-0.4, -0.2) is 29.8 Å². The maximum Gasteiger partial charge on any atom is 0.279 e. The molecule has 1 aliphatic heterocycles. The molecule has 0 aromatic heterocycles. The van der Waals surface area contributed by atoms with E-state index in [0.717, 1.165) is 24.8 Å². The van der Waals surface area contributed by atoms with Gasteiger partial charge < -0.3 is 10.2 Å². The van der Waals surface area contributed by atoms with E-state index >= 15 is 0 Å². The number of likely N-dealkylation sites (tertiary alicyclic amines) is 1. The third-order valence-electron chi connectivity index (χ3n) is 3.83. The second-order valence-electron chi connectivity index (χ2n) is 5.49. The Morgan fingerprint density at radius 1 is 1.27 bits per heavy atom. The van der Waals surface area contributed by atoms with E-state index in [1.165, 1.54) is 0 Å². The molecule has 1 fully saturated rings. The lowest BCUT2D eigenvalue weighted by atomic mass is 10.1. The van der Waals surface area contributed by atoms with Crippen LogP contribution < -0.4 is 5.32 Å². The number of amides is 2. The first-order chi connectivity index (χ1) is 10.6. The average molecular weight is 304 g/mol. The van der Waals surface area contributed by atoms with E-state index in [9.17, 15) is 14.0 Å². The Labute approximate surface area is 130 Å². The molecular weight excluding hydrogens is 283 g/mol. The first-order valence-electron chi connectivity index (χ1n) is 7.56. The Balaban J connectivity index is 2.14. The Bertz CT molecular complexity index is 545. The number of nitrogens with zero attached hydrogens (tertiary/aromatic N) is 1. The van der Waals surface area contributed by atoms with E-state index in [2.05, 4.69) is 11.9 Å². The fourth-order valence-corrected chi connectivity index (χ4v) is 2.61. The molecule has 2 amide bonds. The van der Waals surface area contributed by atoms with Gasteiger partial charge in [0.2, 0.25) is 5.91 Å². The zero-order chi connectivity index (χ0) is 15.9. The van der Waals surface area contributed by atoms with Gasteiger partial charge >= 0.3 is 0 Å². The maximum absolute atomic E-state index is 13.0. The number of carbonyl (C=O) groups is 2. The highest BCUT2D eigenvalue weighted by molar-refractivity contribution is 5.90. The van der Waals surface area contributed by atoms with E-state index in [-0.39, 0.29) is 5.91 Å².